The van der Waals surface area contributed by atoms with Crippen molar-refractivity contribution in [1.82, 2.24) is 25.3 Å². The fourth-order valence-electron chi connectivity index (χ4n) is 3.58. The maximum atomic E-state index is 12.6. The van der Waals surface area contributed by atoms with Crippen LogP contribution in [0.4, 0.5) is 0 Å². The number of thiophene rings is 1. The van der Waals surface area contributed by atoms with E-state index in [1.165, 1.54) is 11.3 Å². The molecule has 4 rings (SSSR count). The van der Waals surface area contributed by atoms with Gasteiger partial charge in [-0.1, -0.05) is 18.2 Å². The van der Waals surface area contributed by atoms with Crippen molar-refractivity contribution in [2.75, 3.05) is 6.54 Å². The predicted molar refractivity (Wildman–Crippen MR) is 109 cm³/mol. The van der Waals surface area contributed by atoms with Gasteiger partial charge < -0.3 is 9.47 Å². The molecule has 1 saturated heterocycles. The highest BCUT2D eigenvalue weighted by atomic mass is 32.1. The SMILES string of the molecule is Cn1c(CC(=O)NNC(=O)[C@@H]2CCCN2C(=O)c2cccs2)nc2ccccc21. The monoisotopic (exact) mass is 411 g/mol. The summed E-state index contributed by atoms with van der Waals surface area (Å²) in [5, 5.41) is 1.83. The summed E-state index contributed by atoms with van der Waals surface area (Å²) in [6, 6.07) is 10.6. The number of fused-ring (bicyclic) bond motifs is 1. The van der Waals surface area contributed by atoms with Crippen molar-refractivity contribution in [3.8, 4) is 0 Å². The second kappa shape index (κ2) is 8.04. The quantitative estimate of drug-likeness (QED) is 0.638. The Morgan fingerprint density at radius 3 is 2.76 bits per heavy atom. The van der Waals surface area contributed by atoms with Crippen LogP contribution in [-0.4, -0.2) is 44.8 Å². The van der Waals surface area contributed by atoms with Gasteiger partial charge >= 0.3 is 0 Å². The number of hydrogen-bond acceptors (Lipinski definition) is 5. The molecule has 9 heteroatoms. The van der Waals surface area contributed by atoms with E-state index in [1.807, 2.05) is 47.3 Å². The summed E-state index contributed by atoms with van der Waals surface area (Å²) in [6.07, 6.45) is 1.36. The third-order valence-corrected chi connectivity index (χ3v) is 5.93. The van der Waals surface area contributed by atoms with E-state index in [-0.39, 0.29) is 24.1 Å². The van der Waals surface area contributed by atoms with Crippen molar-refractivity contribution in [2.45, 2.75) is 25.3 Å². The highest BCUT2D eigenvalue weighted by Gasteiger charge is 2.35. The zero-order valence-corrected chi connectivity index (χ0v) is 16.7. The van der Waals surface area contributed by atoms with Crippen LogP contribution in [0.2, 0.25) is 0 Å². The molecular weight excluding hydrogens is 390 g/mol. The number of nitrogens with one attached hydrogen (secondary N) is 2. The number of aromatic nitrogens is 2. The summed E-state index contributed by atoms with van der Waals surface area (Å²) >= 11 is 1.35. The molecule has 0 unspecified atom stereocenters. The first-order chi connectivity index (χ1) is 14.0. The number of carbonyl (C=O) groups excluding carboxylic acids is 3. The molecule has 29 heavy (non-hydrogen) atoms. The van der Waals surface area contributed by atoms with Crippen LogP contribution < -0.4 is 10.9 Å². The molecule has 1 aliphatic heterocycles. The van der Waals surface area contributed by atoms with Gasteiger partial charge in [-0.2, -0.15) is 0 Å². The Morgan fingerprint density at radius 1 is 1.17 bits per heavy atom. The highest BCUT2D eigenvalue weighted by molar-refractivity contribution is 7.12. The molecule has 3 heterocycles. The lowest BCUT2D eigenvalue weighted by atomic mass is 10.2. The minimum absolute atomic E-state index is 0.0357. The van der Waals surface area contributed by atoms with Gasteiger partial charge in [0.05, 0.1) is 22.3 Å². The number of hydrazine groups is 1. The van der Waals surface area contributed by atoms with Crippen LogP contribution in [0.5, 0.6) is 0 Å². The molecule has 0 radical (unpaired) electrons. The first-order valence-electron chi connectivity index (χ1n) is 9.38. The maximum Gasteiger partial charge on any atom is 0.264 e. The molecule has 1 aliphatic rings. The second-order valence-corrected chi connectivity index (χ2v) is 7.87. The summed E-state index contributed by atoms with van der Waals surface area (Å²) in [4.78, 5) is 44.1. The molecule has 1 atom stereocenters. The number of benzene rings is 1. The molecule has 2 aromatic heterocycles. The van der Waals surface area contributed by atoms with Crippen molar-refractivity contribution < 1.29 is 14.4 Å². The van der Waals surface area contributed by atoms with Crippen LogP contribution in [0, 0.1) is 0 Å². The lowest BCUT2D eigenvalue weighted by molar-refractivity contribution is -0.130. The third kappa shape index (κ3) is 3.86. The third-order valence-electron chi connectivity index (χ3n) is 5.07. The molecule has 150 valence electrons. The van der Waals surface area contributed by atoms with E-state index >= 15 is 0 Å². The van der Waals surface area contributed by atoms with Gasteiger partial charge in [-0.05, 0) is 36.4 Å². The van der Waals surface area contributed by atoms with E-state index in [9.17, 15) is 14.4 Å². The lowest BCUT2D eigenvalue weighted by Crippen LogP contribution is -2.51. The van der Waals surface area contributed by atoms with Crippen molar-refractivity contribution >= 4 is 40.1 Å². The zero-order valence-electron chi connectivity index (χ0n) is 15.9. The number of amides is 3. The molecule has 1 fully saturated rings. The Bertz CT molecular complexity index is 1060. The molecule has 3 amide bonds. The lowest BCUT2D eigenvalue weighted by Gasteiger charge is -2.23. The molecular formula is C20H21N5O3S. The minimum Gasteiger partial charge on any atom is -0.331 e. The minimum atomic E-state index is -0.583. The number of hydrogen-bond donors (Lipinski definition) is 2. The van der Waals surface area contributed by atoms with Crippen molar-refractivity contribution in [2.24, 2.45) is 7.05 Å². The first kappa shape index (κ1) is 19.1. The predicted octanol–water partition coefficient (Wildman–Crippen LogP) is 1.63. The van der Waals surface area contributed by atoms with E-state index in [0.717, 1.165) is 17.5 Å². The highest BCUT2D eigenvalue weighted by Crippen LogP contribution is 2.22. The molecule has 3 aromatic rings. The van der Waals surface area contributed by atoms with Gasteiger partial charge in [0.25, 0.3) is 11.8 Å². The molecule has 0 bridgehead atoms. The Morgan fingerprint density at radius 2 is 2.00 bits per heavy atom. The van der Waals surface area contributed by atoms with Gasteiger partial charge in [0.15, 0.2) is 0 Å². The van der Waals surface area contributed by atoms with E-state index in [4.69, 9.17) is 0 Å². The van der Waals surface area contributed by atoms with Crippen LogP contribution in [-0.2, 0) is 23.1 Å². The molecule has 8 nitrogen and oxygen atoms in total. The fraction of sp³-hybridized carbons (Fsp3) is 0.300. The molecule has 1 aromatic carbocycles. The molecule has 2 N–H and O–H groups in total. The smallest absolute Gasteiger partial charge is 0.264 e. The summed E-state index contributed by atoms with van der Waals surface area (Å²) in [5.74, 6) is -0.298. The van der Waals surface area contributed by atoms with Crippen molar-refractivity contribution in [3.05, 3.63) is 52.5 Å². The van der Waals surface area contributed by atoms with Crippen molar-refractivity contribution in [1.29, 1.82) is 0 Å². The van der Waals surface area contributed by atoms with E-state index in [2.05, 4.69) is 15.8 Å². The van der Waals surface area contributed by atoms with E-state index < -0.39 is 6.04 Å². The second-order valence-electron chi connectivity index (χ2n) is 6.92. The molecule has 0 saturated carbocycles. The van der Waals surface area contributed by atoms with Crippen LogP contribution in [0.15, 0.2) is 41.8 Å². The van der Waals surface area contributed by atoms with E-state index in [0.29, 0.717) is 23.7 Å². The van der Waals surface area contributed by atoms with Gasteiger partial charge in [0.2, 0.25) is 5.91 Å². The van der Waals surface area contributed by atoms with Gasteiger partial charge in [-0.15, -0.1) is 11.3 Å². The number of nitrogens with zero attached hydrogens (tertiary/aromatic N) is 3. The summed E-state index contributed by atoms with van der Waals surface area (Å²) in [5.41, 5.74) is 6.66. The van der Waals surface area contributed by atoms with Gasteiger partial charge in [0.1, 0.15) is 11.9 Å². The van der Waals surface area contributed by atoms with Gasteiger partial charge in [-0.25, -0.2) is 4.98 Å². The topological polar surface area (TPSA) is 96.3 Å². The van der Waals surface area contributed by atoms with Crippen LogP contribution in [0.3, 0.4) is 0 Å². The number of imidazole rings is 1. The number of aryl methyl sites for hydroxylation is 1. The van der Waals surface area contributed by atoms with Gasteiger partial charge in [0, 0.05) is 13.6 Å². The normalized spacial score (nSPS) is 16.2. The van der Waals surface area contributed by atoms with Crippen LogP contribution >= 0.6 is 11.3 Å². The summed E-state index contributed by atoms with van der Waals surface area (Å²) in [6.45, 7) is 0.530. The summed E-state index contributed by atoms with van der Waals surface area (Å²) < 4.78 is 1.86. The zero-order chi connectivity index (χ0) is 20.4. The van der Waals surface area contributed by atoms with Gasteiger partial charge in [-0.3, -0.25) is 25.2 Å². The number of likely N-dealkylation sites (tertiary alicyclic amines) is 1. The Balaban J connectivity index is 1.35. The Kier molecular flexibility index (Phi) is 5.30. The Labute approximate surface area is 171 Å². The van der Waals surface area contributed by atoms with E-state index in [1.54, 1.807) is 11.0 Å². The standard InChI is InChI=1S/C20H21N5O3S/c1-24-14-7-3-2-6-13(14)21-17(24)12-18(26)22-23-19(27)15-8-4-10-25(15)20(28)16-9-5-11-29-16/h2-3,5-7,9,11,15H,4,8,10,12H2,1H3,(H,22,26)(H,23,27)/t15-/m0/s1. The summed E-state index contributed by atoms with van der Waals surface area (Å²) in [7, 11) is 1.85. The van der Waals surface area contributed by atoms with Crippen molar-refractivity contribution in [3.63, 3.8) is 0 Å². The maximum absolute atomic E-state index is 12.6. The fourth-order valence-corrected chi connectivity index (χ4v) is 4.26. The first-order valence-corrected chi connectivity index (χ1v) is 10.3. The number of carbonyl (C=O) groups is 3. The van der Waals surface area contributed by atoms with Crippen LogP contribution in [0.25, 0.3) is 11.0 Å². The number of rotatable bonds is 4. The number of para-hydroxylation sites is 2. The molecule has 0 spiro atoms. The molecule has 0 aliphatic carbocycles. The largest absolute Gasteiger partial charge is 0.331 e. The average Bonchev–Trinajstić information content (AvgIpc) is 3.47. The Hall–Kier alpha value is -3.20. The van der Waals surface area contributed by atoms with Crippen LogP contribution in [0.1, 0.15) is 28.3 Å². The average molecular weight is 411 g/mol.